The molecule has 2 atom stereocenters. The van der Waals surface area contributed by atoms with Crippen molar-refractivity contribution in [2.45, 2.75) is 57.0 Å². The first kappa shape index (κ1) is 27.4. The van der Waals surface area contributed by atoms with Crippen molar-refractivity contribution < 1.29 is 40.9 Å². The second-order valence-corrected chi connectivity index (χ2v) is 8.49. The standard InChI is InChI=1S/C25H29F6NO3/c26-24(27,28)20-14-18(15-21(16-20)25(29,30)31)17-35-23-22(19-8-4-3-5-9-19)32(11-13-34-23)10-6-1-2-7-12-33/h3-5,8-9,14-16,22-23,33H,1-2,6-7,10-13,17H2/t22-,23-/m1/s1. The van der Waals surface area contributed by atoms with Crippen LogP contribution in [0.25, 0.3) is 0 Å². The number of halogens is 6. The Morgan fingerprint density at radius 2 is 1.51 bits per heavy atom. The molecule has 1 N–H and O–H groups in total. The van der Waals surface area contributed by atoms with Gasteiger partial charge in [0.2, 0.25) is 0 Å². The molecular weight excluding hydrogens is 476 g/mol. The summed E-state index contributed by atoms with van der Waals surface area (Å²) in [4.78, 5) is 2.16. The predicted molar refractivity (Wildman–Crippen MR) is 117 cm³/mol. The maximum Gasteiger partial charge on any atom is 0.416 e. The lowest BCUT2D eigenvalue weighted by molar-refractivity contribution is -0.216. The van der Waals surface area contributed by atoms with Crippen LogP contribution in [0.5, 0.6) is 0 Å². The minimum Gasteiger partial charge on any atom is -0.396 e. The van der Waals surface area contributed by atoms with Gasteiger partial charge in [0, 0.05) is 13.2 Å². The van der Waals surface area contributed by atoms with E-state index < -0.39 is 36.4 Å². The molecule has 1 heterocycles. The second kappa shape index (κ2) is 12.2. The third-order valence-electron chi connectivity index (χ3n) is 5.87. The van der Waals surface area contributed by atoms with E-state index in [2.05, 4.69) is 4.90 Å². The third kappa shape index (κ3) is 7.93. The molecule has 3 rings (SSSR count). The van der Waals surface area contributed by atoms with Crippen LogP contribution < -0.4 is 0 Å². The molecule has 10 heteroatoms. The van der Waals surface area contributed by atoms with Crippen LogP contribution in [-0.2, 0) is 28.4 Å². The lowest BCUT2D eigenvalue weighted by Crippen LogP contribution is -2.46. The molecule has 0 radical (unpaired) electrons. The number of nitrogens with zero attached hydrogens (tertiary/aromatic N) is 1. The maximum absolute atomic E-state index is 13.2. The highest BCUT2D eigenvalue weighted by Crippen LogP contribution is 2.37. The first-order valence-electron chi connectivity index (χ1n) is 11.5. The van der Waals surface area contributed by atoms with Gasteiger partial charge >= 0.3 is 12.4 Å². The van der Waals surface area contributed by atoms with Crippen LogP contribution >= 0.6 is 0 Å². The molecule has 4 nitrogen and oxygen atoms in total. The average Bonchev–Trinajstić information content (AvgIpc) is 2.82. The number of benzene rings is 2. The molecule has 2 aromatic rings. The predicted octanol–water partition coefficient (Wildman–Crippen LogP) is 6.19. The summed E-state index contributed by atoms with van der Waals surface area (Å²) in [6.45, 7) is 1.33. The molecular formula is C25H29F6NO3. The van der Waals surface area contributed by atoms with Crippen LogP contribution in [0.1, 0.15) is 54.0 Å². The number of morpholine rings is 1. The van der Waals surface area contributed by atoms with Crippen molar-refractivity contribution in [1.29, 1.82) is 0 Å². The highest BCUT2D eigenvalue weighted by molar-refractivity contribution is 5.33. The molecule has 0 amide bonds. The van der Waals surface area contributed by atoms with E-state index >= 15 is 0 Å². The molecule has 1 saturated heterocycles. The summed E-state index contributed by atoms with van der Waals surface area (Å²) in [6, 6.07) is 10.4. The largest absolute Gasteiger partial charge is 0.416 e. The van der Waals surface area contributed by atoms with E-state index in [9.17, 15) is 26.3 Å². The van der Waals surface area contributed by atoms with Gasteiger partial charge in [0.15, 0.2) is 6.29 Å². The molecule has 0 saturated carbocycles. The SMILES string of the molecule is OCCCCCCN1CCO[C@H](OCc2cc(C(F)(F)F)cc(C(F)(F)F)c2)[C@H]1c1ccccc1. The smallest absolute Gasteiger partial charge is 0.396 e. The minimum absolute atomic E-state index is 0.103. The Balaban J connectivity index is 1.78. The zero-order valence-corrected chi connectivity index (χ0v) is 19.1. The van der Waals surface area contributed by atoms with Crippen LogP contribution in [-0.4, -0.2) is 42.6 Å². The summed E-state index contributed by atoms with van der Waals surface area (Å²) in [7, 11) is 0. The van der Waals surface area contributed by atoms with Crippen molar-refractivity contribution in [3.63, 3.8) is 0 Å². The van der Waals surface area contributed by atoms with Gasteiger partial charge in [0.25, 0.3) is 0 Å². The summed E-state index contributed by atoms with van der Waals surface area (Å²) in [5.74, 6) is 0. The summed E-state index contributed by atoms with van der Waals surface area (Å²) in [6.07, 6.45) is -7.28. The van der Waals surface area contributed by atoms with E-state index in [1.54, 1.807) is 0 Å². The first-order chi connectivity index (χ1) is 16.6. The fraction of sp³-hybridized carbons (Fsp3) is 0.520. The number of hydrogen-bond acceptors (Lipinski definition) is 4. The number of hydrogen-bond donors (Lipinski definition) is 1. The van der Waals surface area contributed by atoms with E-state index in [4.69, 9.17) is 14.6 Å². The Morgan fingerprint density at radius 3 is 2.11 bits per heavy atom. The third-order valence-corrected chi connectivity index (χ3v) is 5.87. The normalized spacial score (nSPS) is 19.7. The zero-order valence-electron chi connectivity index (χ0n) is 19.1. The molecule has 0 spiro atoms. The molecule has 194 valence electrons. The molecule has 1 aliphatic rings. The Hall–Kier alpha value is -2.14. The van der Waals surface area contributed by atoms with Crippen molar-refractivity contribution in [1.82, 2.24) is 4.90 Å². The number of aliphatic hydroxyl groups is 1. The van der Waals surface area contributed by atoms with E-state index in [0.29, 0.717) is 25.3 Å². The Morgan fingerprint density at radius 1 is 0.886 bits per heavy atom. The lowest BCUT2D eigenvalue weighted by atomic mass is 10.0. The Bertz CT molecular complexity index is 887. The minimum atomic E-state index is -4.92. The molecule has 2 aromatic carbocycles. The summed E-state index contributed by atoms with van der Waals surface area (Å²) in [5.41, 5.74) is -2.10. The van der Waals surface area contributed by atoms with Crippen LogP contribution in [0.3, 0.4) is 0 Å². The van der Waals surface area contributed by atoms with Gasteiger partial charge in [-0.3, -0.25) is 4.90 Å². The molecule has 0 unspecified atom stereocenters. The molecule has 35 heavy (non-hydrogen) atoms. The van der Waals surface area contributed by atoms with Crippen molar-refractivity contribution in [3.05, 3.63) is 70.8 Å². The molecule has 0 bridgehead atoms. The number of rotatable bonds is 10. The number of aliphatic hydroxyl groups excluding tert-OH is 1. The van der Waals surface area contributed by atoms with Crippen LogP contribution in [0, 0.1) is 0 Å². The van der Waals surface area contributed by atoms with Crippen LogP contribution in [0.2, 0.25) is 0 Å². The van der Waals surface area contributed by atoms with Gasteiger partial charge in [0.1, 0.15) is 0 Å². The van der Waals surface area contributed by atoms with E-state index in [1.165, 1.54) is 0 Å². The van der Waals surface area contributed by atoms with Crippen LogP contribution in [0.15, 0.2) is 48.5 Å². The van der Waals surface area contributed by atoms with Crippen molar-refractivity contribution in [2.75, 3.05) is 26.3 Å². The highest BCUT2D eigenvalue weighted by atomic mass is 19.4. The van der Waals surface area contributed by atoms with Crippen molar-refractivity contribution in [2.24, 2.45) is 0 Å². The maximum atomic E-state index is 13.2. The van der Waals surface area contributed by atoms with E-state index in [0.717, 1.165) is 37.8 Å². The fourth-order valence-corrected chi connectivity index (χ4v) is 4.16. The fourth-order valence-electron chi connectivity index (χ4n) is 4.16. The highest BCUT2D eigenvalue weighted by Gasteiger charge is 2.38. The zero-order chi connectivity index (χ0) is 25.5. The summed E-state index contributed by atoms with van der Waals surface area (Å²) in [5, 5.41) is 8.95. The van der Waals surface area contributed by atoms with Gasteiger partial charge in [-0.25, -0.2) is 0 Å². The summed E-state index contributed by atoms with van der Waals surface area (Å²) < 4.78 is 90.9. The van der Waals surface area contributed by atoms with Gasteiger partial charge in [-0.15, -0.1) is 0 Å². The topological polar surface area (TPSA) is 41.9 Å². The number of unbranched alkanes of at least 4 members (excludes halogenated alkanes) is 3. The molecule has 1 aliphatic heterocycles. The van der Waals surface area contributed by atoms with E-state index in [-0.39, 0.29) is 24.3 Å². The van der Waals surface area contributed by atoms with E-state index in [1.807, 2.05) is 30.3 Å². The first-order valence-corrected chi connectivity index (χ1v) is 11.5. The van der Waals surface area contributed by atoms with Gasteiger partial charge in [-0.1, -0.05) is 43.2 Å². The monoisotopic (exact) mass is 505 g/mol. The molecule has 0 aliphatic carbocycles. The van der Waals surface area contributed by atoms with Crippen molar-refractivity contribution >= 4 is 0 Å². The average molecular weight is 505 g/mol. The van der Waals surface area contributed by atoms with Crippen molar-refractivity contribution in [3.8, 4) is 0 Å². The molecule has 1 fully saturated rings. The van der Waals surface area contributed by atoms with Gasteiger partial charge in [-0.2, -0.15) is 26.3 Å². The Labute approximate surface area is 200 Å². The summed E-state index contributed by atoms with van der Waals surface area (Å²) >= 11 is 0. The number of ether oxygens (including phenoxy) is 2. The van der Waals surface area contributed by atoms with Gasteiger partial charge in [0.05, 0.1) is 30.4 Å². The Kier molecular flexibility index (Phi) is 9.57. The lowest BCUT2D eigenvalue weighted by Gasteiger charge is -2.41. The number of alkyl halides is 6. The quantitative estimate of drug-likeness (QED) is 0.309. The van der Waals surface area contributed by atoms with Gasteiger partial charge in [-0.05, 0) is 48.7 Å². The van der Waals surface area contributed by atoms with Crippen LogP contribution in [0.4, 0.5) is 26.3 Å². The molecule has 0 aromatic heterocycles. The van der Waals surface area contributed by atoms with Gasteiger partial charge < -0.3 is 14.6 Å². The second-order valence-electron chi connectivity index (χ2n) is 8.49.